The Bertz CT molecular complexity index is 563. The van der Waals surface area contributed by atoms with Gasteiger partial charge in [0, 0.05) is 32.2 Å². The van der Waals surface area contributed by atoms with Crippen molar-refractivity contribution in [2.45, 2.75) is 39.2 Å². The summed E-state index contributed by atoms with van der Waals surface area (Å²) in [4.78, 5) is 22.3. The Morgan fingerprint density at radius 3 is 2.62 bits per heavy atom. The number of aryl methyl sites for hydroxylation is 1. The number of hydrogen-bond acceptors (Lipinski definition) is 6. The van der Waals surface area contributed by atoms with E-state index in [2.05, 4.69) is 16.8 Å². The van der Waals surface area contributed by atoms with E-state index >= 15 is 0 Å². The summed E-state index contributed by atoms with van der Waals surface area (Å²) < 4.78 is 5.45. The Morgan fingerprint density at radius 1 is 1.33 bits per heavy atom. The van der Waals surface area contributed by atoms with E-state index in [0.29, 0.717) is 17.1 Å². The van der Waals surface area contributed by atoms with Gasteiger partial charge in [-0.2, -0.15) is 0 Å². The lowest BCUT2D eigenvalue weighted by Crippen LogP contribution is -2.49. The molecule has 2 aliphatic heterocycles. The monoisotopic (exact) mass is 352 g/mol. The summed E-state index contributed by atoms with van der Waals surface area (Å²) in [6.45, 7) is 9.75. The lowest BCUT2D eigenvalue weighted by Gasteiger charge is -2.41. The van der Waals surface area contributed by atoms with Gasteiger partial charge in [0.1, 0.15) is 4.88 Å². The molecule has 1 aromatic heterocycles. The number of morpholine rings is 1. The van der Waals surface area contributed by atoms with Gasteiger partial charge in [-0.15, -0.1) is 0 Å². The highest BCUT2D eigenvalue weighted by molar-refractivity contribution is 7.17. The van der Waals surface area contributed by atoms with E-state index in [9.17, 15) is 4.79 Å². The van der Waals surface area contributed by atoms with E-state index in [-0.39, 0.29) is 5.91 Å². The zero-order valence-electron chi connectivity index (χ0n) is 14.7. The summed E-state index contributed by atoms with van der Waals surface area (Å²) in [6, 6.07) is 0.566. The molecule has 134 valence electrons. The highest BCUT2D eigenvalue weighted by Gasteiger charge is 2.31. The fraction of sp³-hybridized carbons (Fsp3) is 0.765. The Hall–Kier alpha value is -1.18. The first kappa shape index (κ1) is 17.6. The summed E-state index contributed by atoms with van der Waals surface area (Å²) in [5.41, 5.74) is 6.63. The van der Waals surface area contributed by atoms with Crippen molar-refractivity contribution >= 4 is 22.4 Å². The number of rotatable bonds is 4. The molecular weight excluding hydrogens is 324 g/mol. The molecule has 0 spiro atoms. The van der Waals surface area contributed by atoms with E-state index in [1.54, 1.807) is 0 Å². The van der Waals surface area contributed by atoms with Crippen LogP contribution in [-0.2, 0) is 11.2 Å². The number of hydrogen-bond donors (Lipinski definition) is 1. The Balaban J connectivity index is 1.57. The van der Waals surface area contributed by atoms with Crippen LogP contribution in [0.5, 0.6) is 0 Å². The van der Waals surface area contributed by atoms with Crippen LogP contribution in [-0.4, -0.2) is 66.1 Å². The minimum Gasteiger partial charge on any atom is -0.379 e. The van der Waals surface area contributed by atoms with Crippen LogP contribution in [0.1, 0.15) is 42.1 Å². The topological polar surface area (TPSA) is 71.7 Å². The summed E-state index contributed by atoms with van der Waals surface area (Å²) in [5.74, 6) is 0.767. The third kappa shape index (κ3) is 3.73. The zero-order chi connectivity index (χ0) is 17.1. The average molecular weight is 353 g/mol. The number of carbonyl (C=O) groups is 1. The molecule has 0 aliphatic carbocycles. The van der Waals surface area contributed by atoms with Crippen LogP contribution in [0.3, 0.4) is 0 Å². The number of nitrogens with zero attached hydrogens (tertiary/aromatic N) is 3. The average Bonchev–Trinajstić information content (AvgIpc) is 3.02. The number of carbonyl (C=O) groups excluding carboxylic acids is 1. The molecule has 2 fully saturated rings. The second kappa shape index (κ2) is 7.80. The molecule has 2 aliphatic rings. The van der Waals surface area contributed by atoms with Crippen LogP contribution >= 0.6 is 11.3 Å². The van der Waals surface area contributed by atoms with E-state index in [1.165, 1.54) is 11.3 Å². The molecule has 1 aromatic rings. The largest absolute Gasteiger partial charge is 0.379 e. The molecule has 3 heterocycles. The van der Waals surface area contributed by atoms with Crippen molar-refractivity contribution in [1.29, 1.82) is 0 Å². The molecule has 7 heteroatoms. The molecule has 0 aromatic carbocycles. The minimum atomic E-state index is 0.110. The second-order valence-electron chi connectivity index (χ2n) is 6.70. The van der Waals surface area contributed by atoms with Crippen LogP contribution in [0, 0.1) is 5.92 Å². The first-order chi connectivity index (χ1) is 11.6. The maximum Gasteiger partial charge on any atom is 0.265 e. The number of nitrogen functional groups attached to an aromatic ring is 1. The standard InChI is InChI=1S/C17H28N4O2S/c1-3-14-15(24-17(18)19-14)16(22)21-6-4-13(5-7-21)12(2)20-8-10-23-11-9-20/h12-13H,3-11H2,1-2H3,(H2,18,19). The molecule has 1 amide bonds. The number of ether oxygens (including phenoxy) is 1. The highest BCUT2D eigenvalue weighted by Crippen LogP contribution is 2.28. The number of thiazole rings is 1. The Labute approximate surface area is 148 Å². The van der Waals surface area contributed by atoms with E-state index < -0.39 is 0 Å². The Morgan fingerprint density at radius 2 is 2.00 bits per heavy atom. The maximum atomic E-state index is 12.8. The fourth-order valence-electron chi connectivity index (χ4n) is 3.79. The normalized spacial score (nSPS) is 21.8. The number of anilines is 1. The van der Waals surface area contributed by atoms with E-state index in [0.717, 1.165) is 69.2 Å². The predicted octanol–water partition coefficient (Wildman–Crippen LogP) is 1.86. The van der Waals surface area contributed by atoms with Crippen molar-refractivity contribution in [2.24, 2.45) is 5.92 Å². The first-order valence-corrected chi connectivity index (χ1v) is 9.78. The van der Waals surface area contributed by atoms with Crippen molar-refractivity contribution in [1.82, 2.24) is 14.8 Å². The molecule has 1 atom stereocenters. The number of amides is 1. The molecule has 2 N–H and O–H groups in total. The molecule has 24 heavy (non-hydrogen) atoms. The summed E-state index contributed by atoms with van der Waals surface area (Å²) in [6.07, 6.45) is 2.89. The molecule has 3 rings (SSSR count). The summed E-state index contributed by atoms with van der Waals surface area (Å²) in [7, 11) is 0. The molecule has 0 bridgehead atoms. The fourth-order valence-corrected chi connectivity index (χ4v) is 4.68. The maximum absolute atomic E-state index is 12.8. The van der Waals surface area contributed by atoms with Gasteiger partial charge in [0.2, 0.25) is 0 Å². The van der Waals surface area contributed by atoms with Crippen molar-refractivity contribution in [2.75, 3.05) is 45.1 Å². The van der Waals surface area contributed by atoms with Crippen LogP contribution in [0.4, 0.5) is 5.13 Å². The molecule has 6 nitrogen and oxygen atoms in total. The van der Waals surface area contributed by atoms with Gasteiger partial charge in [-0.25, -0.2) is 4.98 Å². The highest BCUT2D eigenvalue weighted by atomic mass is 32.1. The molecule has 0 saturated carbocycles. The van der Waals surface area contributed by atoms with Gasteiger partial charge in [0.25, 0.3) is 5.91 Å². The predicted molar refractivity (Wildman–Crippen MR) is 96.4 cm³/mol. The van der Waals surface area contributed by atoms with Crippen molar-refractivity contribution in [3.8, 4) is 0 Å². The van der Waals surface area contributed by atoms with Gasteiger partial charge in [0.05, 0.1) is 18.9 Å². The zero-order valence-corrected chi connectivity index (χ0v) is 15.5. The molecular formula is C17H28N4O2S. The van der Waals surface area contributed by atoms with Gasteiger partial charge < -0.3 is 15.4 Å². The van der Waals surface area contributed by atoms with Crippen LogP contribution in [0.25, 0.3) is 0 Å². The van der Waals surface area contributed by atoms with Gasteiger partial charge in [-0.05, 0) is 32.1 Å². The van der Waals surface area contributed by atoms with Gasteiger partial charge in [-0.1, -0.05) is 18.3 Å². The molecule has 2 saturated heterocycles. The lowest BCUT2D eigenvalue weighted by atomic mass is 9.89. The summed E-state index contributed by atoms with van der Waals surface area (Å²) in [5, 5.41) is 0.492. The lowest BCUT2D eigenvalue weighted by molar-refractivity contribution is -0.000927. The molecule has 0 radical (unpaired) electrons. The van der Waals surface area contributed by atoms with Gasteiger partial charge >= 0.3 is 0 Å². The van der Waals surface area contributed by atoms with Crippen LogP contribution < -0.4 is 5.73 Å². The van der Waals surface area contributed by atoms with E-state index in [4.69, 9.17) is 10.5 Å². The number of likely N-dealkylation sites (tertiary alicyclic amines) is 1. The van der Waals surface area contributed by atoms with Crippen LogP contribution in [0.2, 0.25) is 0 Å². The van der Waals surface area contributed by atoms with Crippen LogP contribution in [0.15, 0.2) is 0 Å². The number of aromatic nitrogens is 1. The third-order valence-corrected chi connectivity index (χ3v) is 6.29. The Kier molecular flexibility index (Phi) is 5.73. The van der Waals surface area contributed by atoms with Crippen molar-refractivity contribution in [3.05, 3.63) is 10.6 Å². The second-order valence-corrected chi connectivity index (χ2v) is 7.73. The van der Waals surface area contributed by atoms with Crippen molar-refractivity contribution in [3.63, 3.8) is 0 Å². The SMILES string of the molecule is CCc1nc(N)sc1C(=O)N1CCC(C(C)N2CCOCC2)CC1. The third-order valence-electron chi connectivity index (χ3n) is 5.37. The van der Waals surface area contributed by atoms with Gasteiger partial charge in [-0.3, -0.25) is 9.69 Å². The quantitative estimate of drug-likeness (QED) is 0.895. The first-order valence-electron chi connectivity index (χ1n) is 8.96. The minimum absolute atomic E-state index is 0.110. The van der Waals surface area contributed by atoms with Gasteiger partial charge in [0.15, 0.2) is 5.13 Å². The smallest absolute Gasteiger partial charge is 0.265 e. The number of piperidine rings is 1. The van der Waals surface area contributed by atoms with Crippen molar-refractivity contribution < 1.29 is 9.53 Å². The molecule has 1 unspecified atom stereocenters. The van der Waals surface area contributed by atoms with E-state index in [1.807, 2.05) is 11.8 Å². The summed E-state index contributed by atoms with van der Waals surface area (Å²) >= 11 is 1.32. The number of nitrogens with two attached hydrogens (primary N) is 1.